The van der Waals surface area contributed by atoms with Gasteiger partial charge in [0.05, 0.1) is 12.1 Å². The molecule has 24 heavy (non-hydrogen) atoms. The van der Waals surface area contributed by atoms with E-state index in [0.29, 0.717) is 19.5 Å². The van der Waals surface area contributed by atoms with E-state index in [0.717, 1.165) is 32.7 Å². The zero-order valence-electron chi connectivity index (χ0n) is 14.4. The van der Waals surface area contributed by atoms with Crippen molar-refractivity contribution in [2.45, 2.75) is 25.5 Å². The first kappa shape index (κ1) is 17.2. The first-order valence-corrected chi connectivity index (χ1v) is 8.84. The molecule has 0 saturated carbocycles. The predicted molar refractivity (Wildman–Crippen MR) is 95.3 cm³/mol. The number of benzene rings is 1. The molecular weight excluding hydrogens is 304 g/mol. The molecule has 2 aliphatic rings. The van der Waals surface area contributed by atoms with Gasteiger partial charge in [-0.1, -0.05) is 12.1 Å². The van der Waals surface area contributed by atoms with Gasteiger partial charge in [-0.25, -0.2) is 0 Å². The second-order valence-corrected chi connectivity index (χ2v) is 6.82. The molecule has 6 nitrogen and oxygen atoms in total. The first-order valence-electron chi connectivity index (χ1n) is 8.84. The molecule has 0 unspecified atom stereocenters. The van der Waals surface area contributed by atoms with E-state index in [2.05, 4.69) is 51.6 Å². The smallest absolute Gasteiger partial charge is 0.221 e. The van der Waals surface area contributed by atoms with Crippen LogP contribution in [-0.2, 0) is 4.79 Å². The van der Waals surface area contributed by atoms with Gasteiger partial charge in [-0.3, -0.25) is 9.69 Å². The largest absolute Gasteiger partial charge is 0.390 e. The zero-order valence-corrected chi connectivity index (χ0v) is 14.4. The highest BCUT2D eigenvalue weighted by molar-refractivity contribution is 5.76. The first-order chi connectivity index (χ1) is 11.6. The Labute approximate surface area is 143 Å². The van der Waals surface area contributed by atoms with Crippen LogP contribution < -0.4 is 15.5 Å². The van der Waals surface area contributed by atoms with Crippen molar-refractivity contribution in [2.24, 2.45) is 0 Å². The molecule has 2 saturated heterocycles. The lowest BCUT2D eigenvalue weighted by atomic mass is 10.2. The molecule has 0 radical (unpaired) electrons. The Morgan fingerprint density at radius 2 is 2.08 bits per heavy atom. The summed E-state index contributed by atoms with van der Waals surface area (Å²) in [6.45, 7) is 8.07. The second-order valence-electron chi connectivity index (χ2n) is 6.82. The molecule has 2 fully saturated rings. The fourth-order valence-corrected chi connectivity index (χ4v) is 3.41. The van der Waals surface area contributed by atoms with Crippen molar-refractivity contribution >= 4 is 11.6 Å². The maximum absolute atomic E-state index is 12.0. The lowest BCUT2D eigenvalue weighted by Crippen LogP contribution is -2.48. The highest BCUT2D eigenvalue weighted by Crippen LogP contribution is 2.17. The number of carbonyl (C=O) groups is 1. The van der Waals surface area contributed by atoms with Crippen molar-refractivity contribution in [2.75, 3.05) is 50.7 Å². The third kappa shape index (κ3) is 4.47. The summed E-state index contributed by atoms with van der Waals surface area (Å²) >= 11 is 0. The number of carbonyl (C=O) groups excluding carboxylic acids is 1. The van der Waals surface area contributed by atoms with Gasteiger partial charge >= 0.3 is 0 Å². The van der Waals surface area contributed by atoms with E-state index in [1.165, 1.54) is 11.3 Å². The van der Waals surface area contributed by atoms with E-state index in [4.69, 9.17) is 0 Å². The molecule has 2 aliphatic heterocycles. The third-order valence-corrected chi connectivity index (χ3v) is 4.92. The van der Waals surface area contributed by atoms with Crippen LogP contribution in [0.15, 0.2) is 24.3 Å². The number of aliphatic hydroxyl groups is 1. The Kier molecular flexibility index (Phi) is 5.71. The lowest BCUT2D eigenvalue weighted by molar-refractivity contribution is -0.122. The van der Waals surface area contributed by atoms with E-state index >= 15 is 0 Å². The number of β-amino-alcohol motifs (C(OH)–C–C–N with tert-alkyl or cyclic N) is 1. The van der Waals surface area contributed by atoms with Crippen LogP contribution in [0.5, 0.6) is 0 Å². The van der Waals surface area contributed by atoms with Crippen molar-refractivity contribution in [3.05, 3.63) is 29.8 Å². The number of piperazine rings is 1. The summed E-state index contributed by atoms with van der Waals surface area (Å²) in [6.07, 6.45) is 0.0278. The van der Waals surface area contributed by atoms with Crippen molar-refractivity contribution in [3.8, 4) is 0 Å². The summed E-state index contributed by atoms with van der Waals surface area (Å²) in [5.41, 5.74) is 2.57. The lowest BCUT2D eigenvalue weighted by Gasteiger charge is -2.36. The van der Waals surface area contributed by atoms with Crippen molar-refractivity contribution < 1.29 is 9.90 Å². The summed E-state index contributed by atoms with van der Waals surface area (Å²) in [5.74, 6) is 0.0314. The van der Waals surface area contributed by atoms with Gasteiger partial charge in [0.1, 0.15) is 0 Å². The number of aliphatic hydroxyl groups excluding tert-OH is 1. The molecule has 1 aromatic carbocycles. The minimum atomic E-state index is -0.466. The minimum absolute atomic E-state index is 0.0314. The molecule has 2 atom stereocenters. The van der Waals surface area contributed by atoms with Crippen molar-refractivity contribution in [3.63, 3.8) is 0 Å². The molecule has 0 spiro atoms. The van der Waals surface area contributed by atoms with Crippen molar-refractivity contribution in [1.29, 1.82) is 0 Å². The fourth-order valence-electron chi connectivity index (χ4n) is 3.41. The Morgan fingerprint density at radius 3 is 2.75 bits per heavy atom. The molecule has 132 valence electrons. The molecule has 3 rings (SSSR count). The van der Waals surface area contributed by atoms with Gasteiger partial charge in [0.25, 0.3) is 0 Å². The maximum Gasteiger partial charge on any atom is 0.221 e. The fraction of sp³-hybridized carbons (Fsp3) is 0.611. The van der Waals surface area contributed by atoms with Gasteiger partial charge < -0.3 is 20.6 Å². The van der Waals surface area contributed by atoms with Gasteiger partial charge in [0, 0.05) is 57.9 Å². The topological polar surface area (TPSA) is 67.8 Å². The number of hydrogen-bond acceptors (Lipinski definition) is 5. The van der Waals surface area contributed by atoms with Crippen LogP contribution in [-0.4, -0.2) is 73.9 Å². The maximum atomic E-state index is 12.0. The molecule has 1 amide bonds. The standard InChI is InChI=1S/C18H28N4O2/c1-14-3-2-4-15(11-14)22-9-7-21(8-10-22)6-5-18(24)20-16-12-19-13-17(16)23/h2-4,11,16-17,19,23H,5-10,12-13H2,1H3,(H,20,24)/t16-,17-/m1/s1. The number of aryl methyl sites for hydroxylation is 1. The van der Waals surface area contributed by atoms with Gasteiger partial charge in [-0.05, 0) is 24.6 Å². The Bertz CT molecular complexity index is 558. The number of hydrogen-bond donors (Lipinski definition) is 3. The van der Waals surface area contributed by atoms with E-state index in [1.807, 2.05) is 0 Å². The monoisotopic (exact) mass is 332 g/mol. The number of nitrogens with one attached hydrogen (secondary N) is 2. The van der Waals surface area contributed by atoms with Crippen molar-refractivity contribution in [1.82, 2.24) is 15.5 Å². The number of anilines is 1. The number of rotatable bonds is 5. The van der Waals surface area contributed by atoms with Crippen LogP contribution in [0.2, 0.25) is 0 Å². The van der Waals surface area contributed by atoms with E-state index in [1.54, 1.807) is 0 Å². The molecule has 6 heteroatoms. The Morgan fingerprint density at radius 1 is 1.29 bits per heavy atom. The highest BCUT2D eigenvalue weighted by Gasteiger charge is 2.26. The van der Waals surface area contributed by atoms with Crippen LogP contribution in [0.4, 0.5) is 5.69 Å². The highest BCUT2D eigenvalue weighted by atomic mass is 16.3. The quantitative estimate of drug-likeness (QED) is 0.706. The summed E-state index contributed by atoms with van der Waals surface area (Å²) in [7, 11) is 0. The molecule has 0 bridgehead atoms. The molecule has 2 heterocycles. The van der Waals surface area contributed by atoms with Crippen LogP contribution in [0, 0.1) is 6.92 Å². The number of amides is 1. The molecule has 3 N–H and O–H groups in total. The van der Waals surface area contributed by atoms with Gasteiger partial charge in [0.15, 0.2) is 0 Å². The van der Waals surface area contributed by atoms with Gasteiger partial charge in [-0.2, -0.15) is 0 Å². The minimum Gasteiger partial charge on any atom is -0.390 e. The van der Waals surface area contributed by atoms with Crippen LogP contribution in [0.1, 0.15) is 12.0 Å². The van der Waals surface area contributed by atoms with Gasteiger partial charge in [-0.15, -0.1) is 0 Å². The Hall–Kier alpha value is -1.63. The summed E-state index contributed by atoms with van der Waals surface area (Å²) in [5, 5.41) is 15.7. The molecule has 1 aromatic rings. The summed E-state index contributed by atoms with van der Waals surface area (Å²) in [4.78, 5) is 16.8. The van der Waals surface area contributed by atoms with E-state index in [9.17, 15) is 9.90 Å². The molecular formula is C18H28N4O2. The Balaban J connectivity index is 1.38. The van der Waals surface area contributed by atoms with E-state index in [-0.39, 0.29) is 11.9 Å². The van der Waals surface area contributed by atoms with E-state index < -0.39 is 6.10 Å². The molecule has 0 aromatic heterocycles. The zero-order chi connectivity index (χ0) is 16.9. The summed E-state index contributed by atoms with van der Waals surface area (Å²) in [6, 6.07) is 8.47. The molecule has 0 aliphatic carbocycles. The third-order valence-electron chi connectivity index (χ3n) is 4.92. The predicted octanol–water partition coefficient (Wildman–Crippen LogP) is -0.0440. The van der Waals surface area contributed by atoms with Gasteiger partial charge in [0.2, 0.25) is 5.91 Å². The SMILES string of the molecule is Cc1cccc(N2CCN(CCC(=O)N[C@@H]3CNC[C@H]3O)CC2)c1. The van der Waals surface area contributed by atoms with Crippen LogP contribution >= 0.6 is 0 Å². The second kappa shape index (κ2) is 7.96. The van der Waals surface area contributed by atoms with Crippen LogP contribution in [0.3, 0.4) is 0 Å². The average Bonchev–Trinajstić information content (AvgIpc) is 2.98. The normalized spacial score (nSPS) is 25.0. The van der Waals surface area contributed by atoms with Crippen LogP contribution in [0.25, 0.3) is 0 Å². The summed E-state index contributed by atoms with van der Waals surface area (Å²) < 4.78 is 0. The number of nitrogens with zero attached hydrogens (tertiary/aromatic N) is 2. The average molecular weight is 332 g/mol.